The van der Waals surface area contributed by atoms with Gasteiger partial charge in [0.25, 0.3) is 5.56 Å². The van der Waals surface area contributed by atoms with Gasteiger partial charge in [-0.25, -0.2) is 4.98 Å². The van der Waals surface area contributed by atoms with E-state index in [1.165, 1.54) is 9.80 Å². The fourth-order valence-corrected chi connectivity index (χ4v) is 9.10. The summed E-state index contributed by atoms with van der Waals surface area (Å²) in [6, 6.07) is 18.1. The van der Waals surface area contributed by atoms with Gasteiger partial charge in [-0.15, -0.1) is 0 Å². The minimum absolute atomic E-state index is 0.0405. The van der Waals surface area contributed by atoms with Crippen molar-refractivity contribution < 1.29 is 29.4 Å². The molecule has 4 aromatic carbocycles. The Kier molecular flexibility index (Phi) is 13.3. The Balaban J connectivity index is 1.02. The number of phenolic OH excluding ortho intramolecular Hbond substituents is 2. The van der Waals surface area contributed by atoms with E-state index < -0.39 is 47.4 Å². The predicted octanol–water partition coefficient (Wildman–Crippen LogP) is 3.00. The number of H-pyrrole nitrogens is 1. The van der Waals surface area contributed by atoms with Crippen molar-refractivity contribution in [1.82, 2.24) is 30.4 Å². The quantitative estimate of drug-likeness (QED) is 0.0968. The van der Waals surface area contributed by atoms with Crippen LogP contribution >= 0.6 is 0 Å². The number of carbonyl (C=O) groups is 4. The molecule has 4 atom stereocenters. The Morgan fingerprint density at radius 1 is 0.672 bits per heavy atom. The molecule has 15 nitrogen and oxygen atoms in total. The second-order valence-corrected chi connectivity index (χ2v) is 17.2. The largest absolute Gasteiger partial charge is 0.508 e. The van der Waals surface area contributed by atoms with Crippen LogP contribution in [0.2, 0.25) is 0 Å². The molecular weight excluding hydrogens is 813 g/mol. The molecule has 15 heteroatoms. The molecule has 7 rings (SSSR count). The lowest BCUT2D eigenvalue weighted by Gasteiger charge is -2.37. The lowest BCUT2D eigenvalue weighted by Crippen LogP contribution is -2.56. The molecule has 3 heterocycles. The molecule has 0 fully saturated rings. The number of amides is 4. The number of nitrogens with one attached hydrogen (secondary N) is 3. The number of carbonyl (C=O) groups excluding carboxylic acids is 4. The van der Waals surface area contributed by atoms with E-state index in [-0.39, 0.29) is 75.0 Å². The number of aromatic amines is 1. The molecule has 2 unspecified atom stereocenters. The maximum absolute atomic E-state index is 14.0. The first-order valence-corrected chi connectivity index (χ1v) is 21.5. The molecule has 0 radical (unpaired) electrons. The average molecular weight is 869 g/mol. The molecule has 1 aromatic heterocycles. The van der Waals surface area contributed by atoms with Crippen molar-refractivity contribution in [2.24, 2.45) is 11.5 Å². The Labute approximate surface area is 371 Å². The zero-order chi connectivity index (χ0) is 46.0. The zero-order valence-electron chi connectivity index (χ0n) is 36.8. The third-order valence-electron chi connectivity index (χ3n) is 12.6. The number of nitrogens with zero attached hydrogens (tertiary/aromatic N) is 3. The summed E-state index contributed by atoms with van der Waals surface area (Å²) in [7, 11) is 0. The maximum atomic E-state index is 14.0. The Bertz CT molecular complexity index is 2650. The summed E-state index contributed by atoms with van der Waals surface area (Å²) >= 11 is 0. The highest BCUT2D eigenvalue weighted by Crippen LogP contribution is 2.28. The van der Waals surface area contributed by atoms with Gasteiger partial charge in [-0.1, -0.05) is 48.5 Å². The fourth-order valence-electron chi connectivity index (χ4n) is 9.10. The SMILES string of the molecule is Cc1cc(O)cc(C)c1C[C@H](N)C(=O)N1Cc2ccccc2CC1C(=O)NCc1[nH]c(=O)c(CNC(=O)C2Cc3ccccc3CN2C(=O)[C@@H](N)Cc2c(C)cc(O)cc2C)nc1C. The highest BCUT2D eigenvalue weighted by Gasteiger charge is 2.38. The smallest absolute Gasteiger partial charge is 0.271 e. The van der Waals surface area contributed by atoms with Gasteiger partial charge in [-0.05, 0) is 127 Å². The summed E-state index contributed by atoms with van der Waals surface area (Å²) in [6.45, 7) is 9.15. The number of hydrogen-bond donors (Lipinski definition) is 7. The van der Waals surface area contributed by atoms with E-state index in [9.17, 15) is 34.2 Å². The summed E-state index contributed by atoms with van der Waals surface area (Å²) in [5.74, 6) is -1.41. The summed E-state index contributed by atoms with van der Waals surface area (Å²) < 4.78 is 0. The second-order valence-electron chi connectivity index (χ2n) is 17.2. The molecule has 0 spiro atoms. The molecule has 0 saturated carbocycles. The van der Waals surface area contributed by atoms with E-state index in [0.717, 1.165) is 55.6 Å². The third-order valence-corrected chi connectivity index (χ3v) is 12.6. The van der Waals surface area contributed by atoms with Crippen LogP contribution in [0.1, 0.15) is 72.7 Å². The highest BCUT2D eigenvalue weighted by atomic mass is 16.3. The number of aromatic hydroxyl groups is 2. The van der Waals surface area contributed by atoms with Gasteiger partial charge in [0.2, 0.25) is 23.6 Å². The van der Waals surface area contributed by atoms with Gasteiger partial charge in [-0.2, -0.15) is 0 Å². The van der Waals surface area contributed by atoms with Crippen LogP contribution in [0.5, 0.6) is 11.5 Å². The van der Waals surface area contributed by atoms with Crippen molar-refractivity contribution >= 4 is 23.6 Å². The highest BCUT2D eigenvalue weighted by molar-refractivity contribution is 5.91. The number of aryl methyl sites for hydroxylation is 5. The third kappa shape index (κ3) is 9.70. The van der Waals surface area contributed by atoms with Gasteiger partial charge < -0.3 is 47.1 Å². The molecule has 0 bridgehead atoms. The zero-order valence-corrected chi connectivity index (χ0v) is 36.8. The molecule has 4 amide bonds. The predicted molar refractivity (Wildman–Crippen MR) is 241 cm³/mol. The van der Waals surface area contributed by atoms with Gasteiger partial charge in [0, 0.05) is 25.9 Å². The standard InChI is InChI=1S/C49H56N8O7/c1-26-14-35(58)15-27(2)37(26)20-39(50)48(63)56-24-33-12-8-6-10-31(33)18-43(56)46(61)52-22-41-30(5)54-42(45(60)55-41)23-53-47(62)44-19-32-11-7-9-13-34(32)25-57(44)49(64)40(51)21-38-28(3)16-36(59)17-29(38)4/h6-17,39-40,43-44,58-59H,18-25,50-51H2,1-5H3,(H,52,61)(H,53,62)(H,55,60)/t39-,40-,43?,44?/m0/s1. The molecular formula is C49H56N8O7. The average Bonchev–Trinajstić information content (AvgIpc) is 3.26. The minimum Gasteiger partial charge on any atom is -0.508 e. The fraction of sp³-hybridized carbons (Fsp3) is 0.347. The van der Waals surface area contributed by atoms with Gasteiger partial charge >= 0.3 is 0 Å². The van der Waals surface area contributed by atoms with Crippen LogP contribution in [0.15, 0.2) is 77.6 Å². The van der Waals surface area contributed by atoms with E-state index in [0.29, 0.717) is 11.4 Å². The van der Waals surface area contributed by atoms with Crippen LogP contribution in [0.3, 0.4) is 0 Å². The Morgan fingerprint density at radius 3 is 1.48 bits per heavy atom. The van der Waals surface area contributed by atoms with E-state index >= 15 is 0 Å². The molecule has 64 heavy (non-hydrogen) atoms. The van der Waals surface area contributed by atoms with Crippen molar-refractivity contribution in [3.8, 4) is 11.5 Å². The Hall–Kier alpha value is -6.84. The van der Waals surface area contributed by atoms with Crippen molar-refractivity contribution in [3.63, 3.8) is 0 Å². The van der Waals surface area contributed by atoms with Crippen LogP contribution in [-0.4, -0.2) is 77.8 Å². The normalized spacial score (nSPS) is 16.6. The van der Waals surface area contributed by atoms with Crippen LogP contribution in [0.25, 0.3) is 0 Å². The number of hydrogen-bond acceptors (Lipinski definition) is 10. The van der Waals surface area contributed by atoms with Crippen molar-refractivity contribution in [2.45, 2.75) is 111 Å². The van der Waals surface area contributed by atoms with Gasteiger partial charge in [0.1, 0.15) is 29.3 Å². The number of phenols is 2. The number of aromatic nitrogens is 2. The molecule has 2 aliphatic heterocycles. The maximum Gasteiger partial charge on any atom is 0.271 e. The van der Waals surface area contributed by atoms with Gasteiger partial charge in [-0.3, -0.25) is 24.0 Å². The first kappa shape index (κ1) is 45.2. The van der Waals surface area contributed by atoms with Crippen LogP contribution < -0.4 is 27.7 Å². The molecule has 0 aliphatic carbocycles. The van der Waals surface area contributed by atoms with Crippen molar-refractivity contribution in [2.75, 3.05) is 0 Å². The number of fused-ring (bicyclic) bond motifs is 2. The number of nitrogens with two attached hydrogens (primary N) is 2. The van der Waals surface area contributed by atoms with E-state index in [4.69, 9.17) is 11.5 Å². The van der Waals surface area contributed by atoms with Crippen LogP contribution in [0.4, 0.5) is 0 Å². The minimum atomic E-state index is -0.956. The topological polar surface area (TPSA) is 237 Å². The summed E-state index contributed by atoms with van der Waals surface area (Å²) in [4.78, 5) is 79.7. The summed E-state index contributed by atoms with van der Waals surface area (Å²) in [5, 5.41) is 25.8. The lowest BCUT2D eigenvalue weighted by molar-refractivity contribution is -0.143. The van der Waals surface area contributed by atoms with E-state index in [1.807, 2.05) is 76.2 Å². The number of benzene rings is 4. The molecule has 9 N–H and O–H groups in total. The molecule has 334 valence electrons. The summed E-state index contributed by atoms with van der Waals surface area (Å²) in [5.41, 5.74) is 22.0. The van der Waals surface area contributed by atoms with Gasteiger partial charge in [0.15, 0.2) is 0 Å². The Morgan fingerprint density at radius 2 is 1.06 bits per heavy atom. The molecule has 0 saturated heterocycles. The first-order valence-electron chi connectivity index (χ1n) is 21.5. The van der Waals surface area contributed by atoms with E-state index in [1.54, 1.807) is 31.2 Å². The van der Waals surface area contributed by atoms with Crippen LogP contribution in [-0.2, 0) is 71.0 Å². The van der Waals surface area contributed by atoms with Crippen LogP contribution in [0, 0.1) is 34.6 Å². The monoisotopic (exact) mass is 868 g/mol. The second kappa shape index (κ2) is 18.9. The molecule has 2 aliphatic rings. The summed E-state index contributed by atoms with van der Waals surface area (Å²) in [6.07, 6.45) is 0.958. The first-order chi connectivity index (χ1) is 30.5. The van der Waals surface area contributed by atoms with Gasteiger partial charge in [0.05, 0.1) is 36.6 Å². The van der Waals surface area contributed by atoms with Crippen molar-refractivity contribution in [3.05, 3.63) is 156 Å². The number of rotatable bonds is 12. The van der Waals surface area contributed by atoms with Crippen molar-refractivity contribution in [1.29, 1.82) is 0 Å². The molecule has 5 aromatic rings. The van der Waals surface area contributed by atoms with E-state index in [2.05, 4.69) is 20.6 Å². The lowest BCUT2D eigenvalue weighted by atomic mass is 9.91.